The van der Waals surface area contributed by atoms with Crippen molar-refractivity contribution in [2.75, 3.05) is 13.7 Å². The monoisotopic (exact) mass is 288 g/mol. The van der Waals surface area contributed by atoms with E-state index in [4.69, 9.17) is 4.74 Å². The van der Waals surface area contributed by atoms with Crippen LogP contribution >= 0.6 is 0 Å². The van der Waals surface area contributed by atoms with Crippen molar-refractivity contribution in [2.45, 2.75) is 44.8 Å². The van der Waals surface area contributed by atoms with E-state index in [0.717, 1.165) is 30.7 Å². The Balaban J connectivity index is 1.83. The average molecular weight is 288 g/mol. The second-order valence-corrected chi connectivity index (χ2v) is 6.12. The number of nitrogens with one attached hydrogen (secondary N) is 1. The Morgan fingerprint density at radius 1 is 1.38 bits per heavy atom. The summed E-state index contributed by atoms with van der Waals surface area (Å²) >= 11 is 0. The van der Waals surface area contributed by atoms with Gasteiger partial charge in [-0.25, -0.2) is 0 Å². The molecule has 1 saturated carbocycles. The molecule has 2 fully saturated rings. The molecule has 0 radical (unpaired) electrons. The molecule has 3 rings (SSSR count). The molecule has 0 aromatic heterocycles. The molecule has 2 aliphatic rings. The van der Waals surface area contributed by atoms with Crippen molar-refractivity contribution in [3.63, 3.8) is 0 Å². The van der Waals surface area contributed by atoms with Gasteiger partial charge in [0.1, 0.15) is 11.9 Å². The number of benzene rings is 1. The van der Waals surface area contributed by atoms with E-state index in [2.05, 4.69) is 18.3 Å². The number of nitrogens with zero attached hydrogens (tertiary/aromatic N) is 1. The van der Waals surface area contributed by atoms with Gasteiger partial charge in [0.2, 0.25) is 5.91 Å². The highest BCUT2D eigenvalue weighted by molar-refractivity contribution is 5.84. The summed E-state index contributed by atoms with van der Waals surface area (Å²) in [5, 5.41) is 3.51. The molecule has 2 unspecified atom stereocenters. The van der Waals surface area contributed by atoms with E-state index in [0.29, 0.717) is 5.92 Å². The highest BCUT2D eigenvalue weighted by Gasteiger charge is 2.41. The zero-order valence-electron chi connectivity index (χ0n) is 12.8. The minimum Gasteiger partial charge on any atom is -0.497 e. The van der Waals surface area contributed by atoms with Gasteiger partial charge < -0.3 is 9.64 Å². The zero-order chi connectivity index (χ0) is 14.8. The molecule has 2 atom stereocenters. The largest absolute Gasteiger partial charge is 0.497 e. The van der Waals surface area contributed by atoms with E-state index in [1.165, 1.54) is 12.8 Å². The van der Waals surface area contributed by atoms with Gasteiger partial charge in [-0.3, -0.25) is 10.1 Å². The van der Waals surface area contributed by atoms with Crippen molar-refractivity contribution in [2.24, 2.45) is 5.92 Å². The molecule has 1 amide bonds. The van der Waals surface area contributed by atoms with Gasteiger partial charge >= 0.3 is 0 Å². The fraction of sp³-hybridized carbons (Fsp3) is 0.588. The van der Waals surface area contributed by atoms with Gasteiger partial charge in [-0.05, 0) is 42.9 Å². The SMILES string of the molecule is CCCC1NC(c2cccc(OC)c2)N(CC2CC2)C1=O. The van der Waals surface area contributed by atoms with Crippen LogP contribution < -0.4 is 10.1 Å². The molecule has 1 saturated heterocycles. The van der Waals surface area contributed by atoms with E-state index in [-0.39, 0.29) is 18.1 Å². The Labute approximate surface area is 126 Å². The molecular weight excluding hydrogens is 264 g/mol. The number of methoxy groups -OCH3 is 1. The number of ether oxygens (including phenoxy) is 1. The second-order valence-electron chi connectivity index (χ2n) is 6.12. The summed E-state index contributed by atoms with van der Waals surface area (Å²) in [4.78, 5) is 14.7. The van der Waals surface area contributed by atoms with Crippen LogP contribution in [0.1, 0.15) is 44.3 Å². The lowest BCUT2D eigenvalue weighted by atomic mass is 10.1. The van der Waals surface area contributed by atoms with Crippen LogP contribution in [0, 0.1) is 5.92 Å². The topological polar surface area (TPSA) is 41.6 Å². The quantitative estimate of drug-likeness (QED) is 0.875. The smallest absolute Gasteiger partial charge is 0.241 e. The normalized spacial score (nSPS) is 25.4. The van der Waals surface area contributed by atoms with Gasteiger partial charge in [0.25, 0.3) is 0 Å². The molecule has 0 spiro atoms. The Morgan fingerprint density at radius 2 is 2.19 bits per heavy atom. The number of hydrogen-bond acceptors (Lipinski definition) is 3. The van der Waals surface area contributed by atoms with Gasteiger partial charge in [-0.15, -0.1) is 0 Å². The van der Waals surface area contributed by atoms with Crippen LogP contribution in [0.4, 0.5) is 0 Å². The van der Waals surface area contributed by atoms with Crippen LogP contribution in [0.2, 0.25) is 0 Å². The minimum absolute atomic E-state index is 0.00949. The summed E-state index contributed by atoms with van der Waals surface area (Å²) in [7, 11) is 1.67. The number of carbonyl (C=O) groups is 1. The molecule has 4 heteroatoms. The van der Waals surface area contributed by atoms with Gasteiger partial charge in [-0.1, -0.05) is 25.5 Å². The van der Waals surface area contributed by atoms with Gasteiger partial charge in [0.15, 0.2) is 0 Å². The summed E-state index contributed by atoms with van der Waals surface area (Å²) in [5.74, 6) is 1.80. The predicted octanol–water partition coefficient (Wildman–Crippen LogP) is 2.70. The molecule has 1 N–H and O–H groups in total. The first-order chi connectivity index (χ1) is 10.2. The third-order valence-electron chi connectivity index (χ3n) is 4.39. The van der Waals surface area contributed by atoms with Crippen molar-refractivity contribution in [1.82, 2.24) is 10.2 Å². The molecule has 114 valence electrons. The molecule has 21 heavy (non-hydrogen) atoms. The average Bonchev–Trinajstić information content (AvgIpc) is 3.28. The van der Waals surface area contributed by atoms with E-state index in [1.807, 2.05) is 23.1 Å². The number of carbonyl (C=O) groups excluding carboxylic acids is 1. The minimum atomic E-state index is -0.0371. The van der Waals surface area contributed by atoms with Crippen LogP contribution in [-0.2, 0) is 4.79 Å². The van der Waals surface area contributed by atoms with Crippen LogP contribution in [0.3, 0.4) is 0 Å². The molecular formula is C17H24N2O2. The lowest BCUT2D eigenvalue weighted by Gasteiger charge is -2.24. The first-order valence-electron chi connectivity index (χ1n) is 7.93. The first-order valence-corrected chi connectivity index (χ1v) is 7.93. The van der Waals surface area contributed by atoms with Crippen molar-refractivity contribution in [3.05, 3.63) is 29.8 Å². The molecule has 0 bridgehead atoms. The predicted molar refractivity (Wildman–Crippen MR) is 82.0 cm³/mol. The number of hydrogen-bond donors (Lipinski definition) is 1. The number of rotatable bonds is 6. The summed E-state index contributed by atoms with van der Waals surface area (Å²) in [6, 6.07) is 7.99. The molecule has 1 aliphatic carbocycles. The van der Waals surface area contributed by atoms with E-state index in [1.54, 1.807) is 7.11 Å². The summed E-state index contributed by atoms with van der Waals surface area (Å²) in [5.41, 5.74) is 1.11. The van der Waals surface area contributed by atoms with E-state index in [9.17, 15) is 4.79 Å². The third kappa shape index (κ3) is 3.05. The van der Waals surface area contributed by atoms with E-state index >= 15 is 0 Å². The molecule has 1 aromatic rings. The Kier molecular flexibility index (Phi) is 4.15. The molecule has 1 aliphatic heterocycles. The zero-order valence-corrected chi connectivity index (χ0v) is 12.8. The molecule has 4 nitrogen and oxygen atoms in total. The van der Waals surface area contributed by atoms with Crippen molar-refractivity contribution in [1.29, 1.82) is 0 Å². The Morgan fingerprint density at radius 3 is 2.86 bits per heavy atom. The maximum atomic E-state index is 12.6. The molecule has 1 aromatic carbocycles. The van der Waals surface area contributed by atoms with Gasteiger partial charge in [0, 0.05) is 6.54 Å². The first kappa shape index (κ1) is 14.4. The van der Waals surface area contributed by atoms with Crippen LogP contribution in [0.5, 0.6) is 5.75 Å². The summed E-state index contributed by atoms with van der Waals surface area (Å²) < 4.78 is 5.31. The standard InChI is InChI=1S/C17H24N2O2/c1-3-5-15-17(20)19(11-12-8-9-12)16(18-15)13-6-4-7-14(10-13)21-2/h4,6-7,10,12,15-16,18H,3,5,8-9,11H2,1-2H3. The summed E-state index contributed by atoms with van der Waals surface area (Å²) in [6.07, 6.45) is 4.43. The third-order valence-corrected chi connectivity index (χ3v) is 4.39. The summed E-state index contributed by atoms with van der Waals surface area (Å²) in [6.45, 7) is 3.01. The Bertz CT molecular complexity index is 513. The highest BCUT2D eigenvalue weighted by atomic mass is 16.5. The van der Waals surface area contributed by atoms with Crippen LogP contribution in [0.15, 0.2) is 24.3 Å². The maximum absolute atomic E-state index is 12.6. The lowest BCUT2D eigenvalue weighted by molar-refractivity contribution is -0.130. The van der Waals surface area contributed by atoms with Crippen molar-refractivity contribution < 1.29 is 9.53 Å². The number of amides is 1. The van der Waals surface area contributed by atoms with E-state index < -0.39 is 0 Å². The Hall–Kier alpha value is -1.55. The fourth-order valence-corrected chi connectivity index (χ4v) is 3.04. The molecule has 1 heterocycles. The fourth-order valence-electron chi connectivity index (χ4n) is 3.04. The van der Waals surface area contributed by atoms with Crippen molar-refractivity contribution in [3.8, 4) is 5.75 Å². The maximum Gasteiger partial charge on any atom is 0.241 e. The van der Waals surface area contributed by atoms with Gasteiger partial charge in [0.05, 0.1) is 13.2 Å². The van der Waals surface area contributed by atoms with Crippen molar-refractivity contribution >= 4 is 5.91 Å². The van der Waals surface area contributed by atoms with Crippen LogP contribution in [-0.4, -0.2) is 30.5 Å². The van der Waals surface area contributed by atoms with Gasteiger partial charge in [-0.2, -0.15) is 0 Å². The second kappa shape index (κ2) is 6.06. The lowest BCUT2D eigenvalue weighted by Crippen LogP contribution is -2.32. The highest BCUT2D eigenvalue weighted by Crippen LogP contribution is 2.35. The van der Waals surface area contributed by atoms with Crippen LogP contribution in [0.25, 0.3) is 0 Å².